The van der Waals surface area contributed by atoms with Crippen molar-refractivity contribution in [1.82, 2.24) is 0 Å². The van der Waals surface area contributed by atoms with E-state index in [0.717, 1.165) is 5.92 Å². The van der Waals surface area contributed by atoms with Crippen LogP contribution in [-0.4, -0.2) is 0 Å². The molecule has 0 saturated carbocycles. The van der Waals surface area contributed by atoms with Gasteiger partial charge < -0.3 is 0 Å². The summed E-state index contributed by atoms with van der Waals surface area (Å²) < 4.78 is 0. The van der Waals surface area contributed by atoms with E-state index in [4.69, 9.17) is 0 Å². The van der Waals surface area contributed by atoms with Crippen LogP contribution in [0, 0.1) is 11.8 Å². The lowest BCUT2D eigenvalue weighted by atomic mass is 9.80. The van der Waals surface area contributed by atoms with Gasteiger partial charge in [0.1, 0.15) is 12.3 Å². The molecule has 14 heavy (non-hydrogen) atoms. The van der Waals surface area contributed by atoms with Crippen molar-refractivity contribution in [3.63, 3.8) is 0 Å². The van der Waals surface area contributed by atoms with Crippen molar-refractivity contribution in [1.29, 1.82) is 0 Å². The molecule has 1 rings (SSSR count). The lowest BCUT2D eigenvalue weighted by Gasteiger charge is -2.18. The van der Waals surface area contributed by atoms with Crippen molar-refractivity contribution in [2.75, 3.05) is 0 Å². The molecule has 1 unspecified atom stereocenters. The third-order valence-corrected chi connectivity index (χ3v) is 3.17. The summed E-state index contributed by atoms with van der Waals surface area (Å²) in [4.78, 5) is 0. The lowest BCUT2D eigenvalue weighted by Crippen LogP contribution is -2.12. The Morgan fingerprint density at radius 3 is 2.79 bits per heavy atom. The minimum absolute atomic E-state index is 0.842. The second kappa shape index (κ2) is 5.29. The van der Waals surface area contributed by atoms with Gasteiger partial charge in [0.2, 0.25) is 0 Å². The summed E-state index contributed by atoms with van der Waals surface area (Å²) in [6.07, 6.45) is 9.89. The molecule has 0 radical (unpaired) electrons. The summed E-state index contributed by atoms with van der Waals surface area (Å²) in [5, 5.41) is 0. The first-order valence-corrected chi connectivity index (χ1v) is 5.71. The molecule has 0 heterocycles. The van der Waals surface area contributed by atoms with Crippen molar-refractivity contribution in [3.8, 4) is 0 Å². The first-order chi connectivity index (χ1) is 6.59. The van der Waals surface area contributed by atoms with Gasteiger partial charge in [-0.3, -0.25) is 0 Å². The predicted octanol–water partition coefficient (Wildman–Crippen LogP) is 4.68. The second-order valence-electron chi connectivity index (χ2n) is 4.85. The van der Waals surface area contributed by atoms with Gasteiger partial charge in [-0.05, 0) is 39.7 Å². The lowest BCUT2D eigenvalue weighted by molar-refractivity contribution is 0.475. The van der Waals surface area contributed by atoms with Crippen LogP contribution in [-0.2, 0) is 0 Å². The smallest absolute Gasteiger partial charge is 0.0811 e. The fourth-order valence-corrected chi connectivity index (χ4v) is 1.94. The fourth-order valence-electron chi connectivity index (χ4n) is 1.94. The predicted molar refractivity (Wildman–Crippen MR) is 64.1 cm³/mol. The molecular formula is C14H23+. The number of rotatable bonds is 3. The number of hydrogen-bond donors (Lipinski definition) is 0. The van der Waals surface area contributed by atoms with Crippen LogP contribution in [0.4, 0.5) is 0 Å². The maximum atomic E-state index is 2.42. The third kappa shape index (κ3) is 3.61. The molecule has 1 atom stereocenters. The Bertz CT molecular complexity index is 228. The zero-order valence-electron chi connectivity index (χ0n) is 10.1. The molecule has 0 amide bonds. The Morgan fingerprint density at radius 2 is 2.29 bits per heavy atom. The molecule has 0 aromatic heterocycles. The molecule has 1 aliphatic carbocycles. The van der Waals surface area contributed by atoms with Crippen LogP contribution in [0.5, 0.6) is 0 Å². The second-order valence-corrected chi connectivity index (χ2v) is 4.85. The largest absolute Gasteiger partial charge is 0.108 e. The molecule has 0 bridgehead atoms. The van der Waals surface area contributed by atoms with Crippen LogP contribution in [0.15, 0.2) is 23.3 Å². The van der Waals surface area contributed by atoms with Crippen molar-refractivity contribution in [3.05, 3.63) is 29.2 Å². The maximum absolute atomic E-state index is 2.42. The molecule has 0 aromatic carbocycles. The monoisotopic (exact) mass is 191 g/mol. The van der Waals surface area contributed by atoms with Gasteiger partial charge in [0, 0.05) is 6.42 Å². The van der Waals surface area contributed by atoms with Crippen molar-refractivity contribution >= 4 is 0 Å². The molecule has 0 heteroatoms. The van der Waals surface area contributed by atoms with Crippen LogP contribution < -0.4 is 0 Å². The highest BCUT2D eigenvalue weighted by Crippen LogP contribution is 2.32. The highest BCUT2D eigenvalue weighted by Gasteiger charge is 2.27. The maximum Gasteiger partial charge on any atom is 0.108 e. The highest BCUT2D eigenvalue weighted by atomic mass is 14.2. The Kier molecular flexibility index (Phi) is 4.31. The Morgan fingerprint density at radius 1 is 1.57 bits per heavy atom. The molecule has 1 aliphatic rings. The van der Waals surface area contributed by atoms with Crippen LogP contribution in [0.1, 0.15) is 53.4 Å². The molecule has 0 fully saturated rings. The van der Waals surface area contributed by atoms with E-state index in [-0.39, 0.29) is 0 Å². The van der Waals surface area contributed by atoms with E-state index in [1.54, 1.807) is 11.5 Å². The van der Waals surface area contributed by atoms with Crippen LogP contribution in [0.25, 0.3) is 0 Å². The average Bonchev–Trinajstić information content (AvgIpc) is 2.15. The zero-order chi connectivity index (χ0) is 10.6. The summed E-state index contributed by atoms with van der Waals surface area (Å²) in [7, 11) is 0. The van der Waals surface area contributed by atoms with E-state index in [2.05, 4.69) is 39.8 Å². The van der Waals surface area contributed by atoms with E-state index in [9.17, 15) is 0 Å². The molecule has 0 saturated heterocycles. The Balaban J connectivity index is 2.39. The van der Waals surface area contributed by atoms with Crippen LogP contribution in [0.2, 0.25) is 0 Å². The van der Waals surface area contributed by atoms with E-state index >= 15 is 0 Å². The molecule has 0 aliphatic heterocycles. The molecule has 0 spiro atoms. The van der Waals surface area contributed by atoms with Gasteiger partial charge in [-0.1, -0.05) is 17.2 Å². The van der Waals surface area contributed by atoms with E-state index < -0.39 is 0 Å². The highest BCUT2D eigenvalue weighted by molar-refractivity contribution is 5.11. The van der Waals surface area contributed by atoms with Crippen molar-refractivity contribution < 1.29 is 0 Å². The van der Waals surface area contributed by atoms with E-state index in [1.165, 1.54) is 31.3 Å². The summed E-state index contributed by atoms with van der Waals surface area (Å²) in [6.45, 7) is 8.93. The SMILES string of the molecule is CC(C)=CC[C+](C)C1CC=C(C)CC1. The zero-order valence-corrected chi connectivity index (χ0v) is 10.1. The standard InChI is InChI=1S/C14H23/c1-11(2)5-8-13(4)14-9-6-12(3)7-10-14/h5-6,14H,7-10H2,1-4H3/q+1. The van der Waals surface area contributed by atoms with E-state index in [0.29, 0.717) is 0 Å². The Labute approximate surface area is 89.1 Å². The molecule has 0 aromatic rings. The first kappa shape index (κ1) is 11.4. The summed E-state index contributed by atoms with van der Waals surface area (Å²) in [6, 6.07) is 0. The summed E-state index contributed by atoms with van der Waals surface area (Å²) in [5.74, 6) is 2.50. The van der Waals surface area contributed by atoms with Gasteiger partial charge in [0.15, 0.2) is 0 Å². The van der Waals surface area contributed by atoms with Gasteiger partial charge in [-0.25, -0.2) is 0 Å². The fraction of sp³-hybridized carbons (Fsp3) is 0.643. The molecule has 78 valence electrons. The minimum atomic E-state index is 0.842. The third-order valence-electron chi connectivity index (χ3n) is 3.17. The van der Waals surface area contributed by atoms with Gasteiger partial charge in [-0.2, -0.15) is 0 Å². The van der Waals surface area contributed by atoms with Crippen molar-refractivity contribution in [2.24, 2.45) is 5.92 Å². The Hall–Kier alpha value is -0.650. The van der Waals surface area contributed by atoms with Crippen LogP contribution in [0.3, 0.4) is 0 Å². The van der Waals surface area contributed by atoms with E-state index in [1.807, 2.05) is 0 Å². The number of hydrogen-bond acceptors (Lipinski definition) is 0. The number of allylic oxidation sites excluding steroid dienone is 4. The van der Waals surface area contributed by atoms with Gasteiger partial charge in [0.25, 0.3) is 0 Å². The van der Waals surface area contributed by atoms with Crippen molar-refractivity contribution in [2.45, 2.75) is 53.4 Å². The molecular weight excluding hydrogens is 168 g/mol. The molecule has 0 nitrogen and oxygen atoms in total. The summed E-state index contributed by atoms with van der Waals surface area (Å²) >= 11 is 0. The van der Waals surface area contributed by atoms with Crippen LogP contribution >= 0.6 is 0 Å². The topological polar surface area (TPSA) is 0 Å². The minimum Gasteiger partial charge on any atom is -0.0811 e. The van der Waals surface area contributed by atoms with Gasteiger partial charge >= 0.3 is 0 Å². The first-order valence-electron chi connectivity index (χ1n) is 5.71. The molecule has 0 N–H and O–H groups in total. The summed E-state index contributed by atoms with van der Waals surface area (Å²) in [5.41, 5.74) is 3.02. The average molecular weight is 191 g/mol. The quantitative estimate of drug-likeness (QED) is 0.448. The van der Waals surface area contributed by atoms with Gasteiger partial charge in [-0.15, -0.1) is 0 Å². The van der Waals surface area contributed by atoms with Gasteiger partial charge in [0.05, 0.1) is 12.8 Å². The normalized spacial score (nSPS) is 21.4.